The van der Waals surface area contributed by atoms with E-state index in [1.807, 2.05) is 0 Å². The molecule has 0 aromatic heterocycles. The first-order valence-electron chi connectivity index (χ1n) is 4.78. The van der Waals surface area contributed by atoms with Crippen LogP contribution in [0.1, 0.15) is 19.3 Å². The van der Waals surface area contributed by atoms with E-state index < -0.39 is 18.5 Å². The Morgan fingerprint density at radius 2 is 1.86 bits per heavy atom. The minimum absolute atomic E-state index is 0.0459. The standard InChI is InChI=1S/C9H15F3O2/c10-9(11,12)5-8(6-13)7-1-3-14-4-2-7/h7-8,13H,1-6H2/t8-/m0/s1. The summed E-state index contributed by atoms with van der Waals surface area (Å²) in [5.41, 5.74) is 0. The molecule has 14 heavy (non-hydrogen) atoms. The van der Waals surface area contributed by atoms with Gasteiger partial charge in [0.15, 0.2) is 0 Å². The highest BCUT2D eigenvalue weighted by atomic mass is 19.4. The van der Waals surface area contributed by atoms with Gasteiger partial charge in [-0.15, -0.1) is 0 Å². The van der Waals surface area contributed by atoms with Crippen molar-refractivity contribution in [3.8, 4) is 0 Å². The molecule has 84 valence electrons. The molecule has 0 saturated carbocycles. The summed E-state index contributed by atoms with van der Waals surface area (Å²) >= 11 is 0. The number of aliphatic hydroxyl groups is 1. The second-order valence-corrected chi connectivity index (χ2v) is 3.71. The lowest BCUT2D eigenvalue weighted by Gasteiger charge is -2.29. The molecule has 2 nitrogen and oxygen atoms in total. The van der Waals surface area contributed by atoms with Gasteiger partial charge in [-0.25, -0.2) is 0 Å². The van der Waals surface area contributed by atoms with Gasteiger partial charge in [0.25, 0.3) is 0 Å². The van der Waals surface area contributed by atoms with Crippen LogP contribution in [0.15, 0.2) is 0 Å². The van der Waals surface area contributed by atoms with Crippen molar-refractivity contribution in [3.05, 3.63) is 0 Å². The summed E-state index contributed by atoms with van der Waals surface area (Å²) in [6, 6.07) is 0. The largest absolute Gasteiger partial charge is 0.396 e. The molecule has 1 aliphatic rings. The maximum atomic E-state index is 12.1. The summed E-state index contributed by atoms with van der Waals surface area (Å²) in [4.78, 5) is 0. The summed E-state index contributed by atoms with van der Waals surface area (Å²) in [5, 5.41) is 8.90. The van der Waals surface area contributed by atoms with Gasteiger partial charge in [-0.05, 0) is 24.7 Å². The number of hydrogen-bond acceptors (Lipinski definition) is 2. The third-order valence-electron chi connectivity index (χ3n) is 2.66. The van der Waals surface area contributed by atoms with E-state index in [9.17, 15) is 13.2 Å². The van der Waals surface area contributed by atoms with Crippen LogP contribution < -0.4 is 0 Å². The van der Waals surface area contributed by atoms with Crippen LogP contribution in [0.5, 0.6) is 0 Å². The zero-order valence-electron chi connectivity index (χ0n) is 7.89. The molecule has 0 unspecified atom stereocenters. The van der Waals surface area contributed by atoms with Crippen molar-refractivity contribution < 1.29 is 23.0 Å². The third-order valence-corrected chi connectivity index (χ3v) is 2.66. The lowest BCUT2D eigenvalue weighted by atomic mass is 9.84. The molecule has 0 aromatic carbocycles. The number of aliphatic hydroxyl groups excluding tert-OH is 1. The Morgan fingerprint density at radius 3 is 2.29 bits per heavy atom. The molecular weight excluding hydrogens is 197 g/mol. The van der Waals surface area contributed by atoms with E-state index in [0.717, 1.165) is 0 Å². The molecular formula is C9H15F3O2. The first-order valence-corrected chi connectivity index (χ1v) is 4.78. The predicted octanol–water partition coefficient (Wildman–Crippen LogP) is 1.97. The molecule has 0 amide bonds. The molecule has 1 atom stereocenters. The fourth-order valence-electron chi connectivity index (χ4n) is 1.86. The highest BCUT2D eigenvalue weighted by Crippen LogP contribution is 2.33. The van der Waals surface area contributed by atoms with Crippen molar-refractivity contribution in [3.63, 3.8) is 0 Å². The van der Waals surface area contributed by atoms with Crippen LogP contribution in [0, 0.1) is 11.8 Å². The fourth-order valence-corrected chi connectivity index (χ4v) is 1.86. The van der Waals surface area contributed by atoms with E-state index in [0.29, 0.717) is 26.1 Å². The zero-order valence-corrected chi connectivity index (χ0v) is 7.89. The zero-order chi connectivity index (χ0) is 10.6. The number of halogens is 3. The van der Waals surface area contributed by atoms with Gasteiger partial charge in [-0.3, -0.25) is 0 Å². The quantitative estimate of drug-likeness (QED) is 0.775. The van der Waals surface area contributed by atoms with Crippen molar-refractivity contribution in [1.29, 1.82) is 0 Å². The second-order valence-electron chi connectivity index (χ2n) is 3.71. The van der Waals surface area contributed by atoms with E-state index in [2.05, 4.69) is 0 Å². The minimum Gasteiger partial charge on any atom is -0.396 e. The number of alkyl halides is 3. The van der Waals surface area contributed by atoms with E-state index in [1.165, 1.54) is 0 Å². The van der Waals surface area contributed by atoms with Gasteiger partial charge in [0.05, 0.1) is 0 Å². The molecule has 0 bridgehead atoms. The van der Waals surface area contributed by atoms with E-state index in [-0.39, 0.29) is 12.5 Å². The van der Waals surface area contributed by atoms with Gasteiger partial charge >= 0.3 is 6.18 Å². The van der Waals surface area contributed by atoms with Crippen LogP contribution in [-0.4, -0.2) is 31.1 Å². The lowest BCUT2D eigenvalue weighted by Crippen LogP contribution is -2.29. The Kier molecular flexibility index (Phi) is 4.19. The van der Waals surface area contributed by atoms with Gasteiger partial charge < -0.3 is 9.84 Å². The van der Waals surface area contributed by atoms with Crippen LogP contribution in [0.3, 0.4) is 0 Å². The Labute approximate surface area is 81.1 Å². The molecule has 1 rings (SSSR count). The molecule has 1 fully saturated rings. The molecule has 1 N–H and O–H groups in total. The van der Waals surface area contributed by atoms with Crippen LogP contribution in [0.25, 0.3) is 0 Å². The average molecular weight is 212 g/mol. The molecule has 1 heterocycles. The SMILES string of the molecule is OC[C@H](CC(F)(F)F)C1CCOCC1. The van der Waals surface area contributed by atoms with E-state index >= 15 is 0 Å². The summed E-state index contributed by atoms with van der Waals surface area (Å²) < 4.78 is 41.4. The van der Waals surface area contributed by atoms with Crippen molar-refractivity contribution in [2.24, 2.45) is 11.8 Å². The first kappa shape index (κ1) is 11.8. The minimum atomic E-state index is -4.17. The molecule has 0 aliphatic carbocycles. The Morgan fingerprint density at radius 1 is 1.29 bits per heavy atom. The third kappa shape index (κ3) is 3.84. The Balaban J connectivity index is 2.43. The summed E-state index contributed by atoms with van der Waals surface area (Å²) in [5.74, 6) is -0.700. The molecule has 0 radical (unpaired) electrons. The smallest absolute Gasteiger partial charge is 0.389 e. The summed E-state index contributed by atoms with van der Waals surface area (Å²) in [6.07, 6.45) is -3.80. The van der Waals surface area contributed by atoms with E-state index in [4.69, 9.17) is 9.84 Å². The Hall–Kier alpha value is -0.290. The molecule has 0 aromatic rings. The molecule has 0 spiro atoms. The van der Waals surface area contributed by atoms with Crippen LogP contribution >= 0.6 is 0 Å². The van der Waals surface area contributed by atoms with E-state index in [1.54, 1.807) is 0 Å². The normalized spacial score (nSPS) is 22.3. The second kappa shape index (κ2) is 4.98. The van der Waals surface area contributed by atoms with Gasteiger partial charge in [-0.2, -0.15) is 13.2 Å². The van der Waals surface area contributed by atoms with Crippen molar-refractivity contribution in [1.82, 2.24) is 0 Å². The van der Waals surface area contributed by atoms with Crippen molar-refractivity contribution >= 4 is 0 Å². The Bertz CT molecular complexity index is 164. The van der Waals surface area contributed by atoms with Crippen LogP contribution in [0.4, 0.5) is 13.2 Å². The van der Waals surface area contributed by atoms with Gasteiger partial charge in [0, 0.05) is 26.2 Å². The monoisotopic (exact) mass is 212 g/mol. The molecule has 1 saturated heterocycles. The highest BCUT2D eigenvalue weighted by molar-refractivity contribution is 4.74. The molecule has 5 heteroatoms. The van der Waals surface area contributed by atoms with Crippen molar-refractivity contribution in [2.75, 3.05) is 19.8 Å². The summed E-state index contributed by atoms with van der Waals surface area (Å²) in [6.45, 7) is 0.641. The number of ether oxygens (including phenoxy) is 1. The van der Waals surface area contributed by atoms with Gasteiger partial charge in [0.1, 0.15) is 0 Å². The maximum absolute atomic E-state index is 12.1. The van der Waals surface area contributed by atoms with Crippen LogP contribution in [-0.2, 0) is 4.74 Å². The number of hydrogen-bond donors (Lipinski definition) is 1. The average Bonchev–Trinajstić information content (AvgIpc) is 2.14. The molecule has 1 aliphatic heterocycles. The highest BCUT2D eigenvalue weighted by Gasteiger charge is 2.35. The maximum Gasteiger partial charge on any atom is 0.389 e. The first-order chi connectivity index (χ1) is 6.53. The number of rotatable bonds is 3. The van der Waals surface area contributed by atoms with Gasteiger partial charge in [0.2, 0.25) is 0 Å². The van der Waals surface area contributed by atoms with Crippen LogP contribution in [0.2, 0.25) is 0 Å². The van der Waals surface area contributed by atoms with Gasteiger partial charge in [-0.1, -0.05) is 0 Å². The van der Waals surface area contributed by atoms with Crippen molar-refractivity contribution in [2.45, 2.75) is 25.4 Å². The predicted molar refractivity (Wildman–Crippen MR) is 44.8 cm³/mol. The lowest BCUT2D eigenvalue weighted by molar-refractivity contribution is -0.154. The summed E-state index contributed by atoms with van der Waals surface area (Å²) in [7, 11) is 0. The topological polar surface area (TPSA) is 29.5 Å². The fraction of sp³-hybridized carbons (Fsp3) is 1.00.